The van der Waals surface area contributed by atoms with E-state index in [9.17, 15) is 14.7 Å². The second-order valence-corrected chi connectivity index (χ2v) is 7.35. The maximum atomic E-state index is 12.1. The summed E-state index contributed by atoms with van der Waals surface area (Å²) in [4.78, 5) is 25.3. The van der Waals surface area contributed by atoms with Gasteiger partial charge in [-0.05, 0) is 61.4 Å². The molecule has 0 bridgehead atoms. The number of amides is 2. The number of aliphatic hydroxyl groups is 1. The summed E-state index contributed by atoms with van der Waals surface area (Å²) >= 11 is 0. The Hall–Kier alpha value is -1.76. The monoisotopic (exact) mass is 343 g/mol. The Morgan fingerprint density at radius 3 is 2.84 bits per heavy atom. The summed E-state index contributed by atoms with van der Waals surface area (Å²) in [6.45, 7) is 2.69. The largest absolute Gasteiger partial charge is 0.374 e. The second-order valence-electron chi connectivity index (χ2n) is 7.35. The highest BCUT2D eigenvalue weighted by Crippen LogP contribution is 2.37. The Morgan fingerprint density at radius 1 is 1.12 bits per heavy atom. The maximum Gasteiger partial charge on any atom is 0.244 e. The molecule has 0 radical (unpaired) electrons. The lowest BCUT2D eigenvalue weighted by Crippen LogP contribution is -2.51. The van der Waals surface area contributed by atoms with Gasteiger partial charge in [0.1, 0.15) is 6.23 Å². The van der Waals surface area contributed by atoms with E-state index in [-0.39, 0.29) is 11.8 Å². The maximum absolute atomic E-state index is 12.1. The van der Waals surface area contributed by atoms with E-state index in [0.717, 1.165) is 30.6 Å². The van der Waals surface area contributed by atoms with Crippen molar-refractivity contribution in [3.8, 4) is 0 Å². The fraction of sp³-hybridized carbons (Fsp3) is 0.579. The zero-order chi connectivity index (χ0) is 17.4. The first kappa shape index (κ1) is 16.7. The van der Waals surface area contributed by atoms with Crippen molar-refractivity contribution < 1.29 is 14.7 Å². The van der Waals surface area contributed by atoms with Gasteiger partial charge < -0.3 is 10.4 Å². The van der Waals surface area contributed by atoms with Crippen LogP contribution in [0.15, 0.2) is 18.2 Å². The number of carbonyl (C=O) groups is 2. The van der Waals surface area contributed by atoms with Gasteiger partial charge in [-0.3, -0.25) is 19.8 Å². The molecule has 3 unspecified atom stereocenters. The van der Waals surface area contributed by atoms with Gasteiger partial charge in [0, 0.05) is 13.0 Å². The molecule has 2 fully saturated rings. The number of piperidine rings is 1. The Morgan fingerprint density at radius 2 is 2.00 bits per heavy atom. The first-order valence-electron chi connectivity index (χ1n) is 9.24. The number of benzene rings is 1. The van der Waals surface area contributed by atoms with Crippen LogP contribution >= 0.6 is 0 Å². The van der Waals surface area contributed by atoms with Gasteiger partial charge in [-0.2, -0.15) is 0 Å². The van der Waals surface area contributed by atoms with E-state index in [4.69, 9.17) is 0 Å². The van der Waals surface area contributed by atoms with Crippen LogP contribution in [0.4, 0.5) is 0 Å². The summed E-state index contributed by atoms with van der Waals surface area (Å²) < 4.78 is 0. The molecule has 25 heavy (non-hydrogen) atoms. The molecule has 3 aliphatic heterocycles. The lowest BCUT2D eigenvalue weighted by molar-refractivity contribution is -0.141. The van der Waals surface area contributed by atoms with Crippen LogP contribution in [-0.2, 0) is 16.1 Å². The lowest BCUT2D eigenvalue weighted by Gasteiger charge is -2.31. The van der Waals surface area contributed by atoms with Crippen molar-refractivity contribution in [1.29, 1.82) is 0 Å². The van der Waals surface area contributed by atoms with Crippen molar-refractivity contribution in [3.63, 3.8) is 0 Å². The van der Waals surface area contributed by atoms with Gasteiger partial charge >= 0.3 is 0 Å². The number of nitrogens with zero attached hydrogens (tertiary/aromatic N) is 1. The van der Waals surface area contributed by atoms with E-state index < -0.39 is 12.3 Å². The molecule has 1 aromatic rings. The minimum Gasteiger partial charge on any atom is -0.374 e. The molecule has 4 rings (SSSR count). The van der Waals surface area contributed by atoms with Crippen LogP contribution in [0, 0.1) is 0 Å². The third-order valence-electron chi connectivity index (χ3n) is 5.77. The molecular formula is C19H25N3O3. The second kappa shape index (κ2) is 6.86. The van der Waals surface area contributed by atoms with E-state index in [0.29, 0.717) is 25.3 Å². The SMILES string of the molecule is O=C1CCC(N2Cc3cc(C4CCCNCC4)ccc3C2O)C(=O)N1. The van der Waals surface area contributed by atoms with Gasteiger partial charge in [0.25, 0.3) is 0 Å². The summed E-state index contributed by atoms with van der Waals surface area (Å²) in [7, 11) is 0. The molecule has 0 aromatic heterocycles. The highest BCUT2D eigenvalue weighted by atomic mass is 16.3. The third kappa shape index (κ3) is 3.21. The molecule has 0 spiro atoms. The van der Waals surface area contributed by atoms with Crippen molar-refractivity contribution in [2.24, 2.45) is 0 Å². The van der Waals surface area contributed by atoms with E-state index in [2.05, 4.69) is 22.8 Å². The molecule has 2 saturated heterocycles. The molecule has 3 heterocycles. The normalized spacial score (nSPS) is 30.7. The zero-order valence-electron chi connectivity index (χ0n) is 14.3. The van der Waals surface area contributed by atoms with Crippen LogP contribution in [0.25, 0.3) is 0 Å². The summed E-state index contributed by atoms with van der Waals surface area (Å²) in [5.41, 5.74) is 3.33. The van der Waals surface area contributed by atoms with Crippen LogP contribution in [0.3, 0.4) is 0 Å². The van der Waals surface area contributed by atoms with E-state index in [1.807, 2.05) is 11.0 Å². The van der Waals surface area contributed by atoms with Crippen LogP contribution < -0.4 is 10.6 Å². The molecule has 0 aliphatic carbocycles. The topological polar surface area (TPSA) is 81.7 Å². The molecule has 134 valence electrons. The van der Waals surface area contributed by atoms with Crippen molar-refractivity contribution in [3.05, 3.63) is 34.9 Å². The summed E-state index contributed by atoms with van der Waals surface area (Å²) in [5.74, 6) is 0.0389. The summed E-state index contributed by atoms with van der Waals surface area (Å²) in [6, 6.07) is 5.91. The Bertz CT molecular complexity index is 682. The number of hydrogen-bond donors (Lipinski definition) is 3. The molecule has 3 N–H and O–H groups in total. The Labute approximate surface area is 147 Å². The number of hydrogen-bond acceptors (Lipinski definition) is 5. The van der Waals surface area contributed by atoms with Crippen molar-refractivity contribution in [2.45, 2.75) is 56.8 Å². The van der Waals surface area contributed by atoms with Crippen LogP contribution in [0.1, 0.15) is 60.9 Å². The number of carbonyl (C=O) groups excluding carboxylic acids is 2. The number of nitrogens with one attached hydrogen (secondary N) is 2. The lowest BCUT2D eigenvalue weighted by atomic mass is 9.90. The third-order valence-corrected chi connectivity index (χ3v) is 5.77. The number of imide groups is 1. The molecule has 2 amide bonds. The van der Waals surface area contributed by atoms with E-state index >= 15 is 0 Å². The molecule has 6 heteroatoms. The average molecular weight is 343 g/mol. The van der Waals surface area contributed by atoms with Gasteiger partial charge in [0.2, 0.25) is 11.8 Å². The highest BCUT2D eigenvalue weighted by molar-refractivity contribution is 6.00. The highest BCUT2D eigenvalue weighted by Gasteiger charge is 2.39. The molecule has 3 atom stereocenters. The summed E-state index contributed by atoms with van der Waals surface area (Å²) in [6.07, 6.45) is 3.53. The molecule has 6 nitrogen and oxygen atoms in total. The molecule has 1 aromatic carbocycles. The predicted octanol–water partition coefficient (Wildman–Crippen LogP) is 1.16. The number of fused-ring (bicyclic) bond motifs is 1. The van der Waals surface area contributed by atoms with Crippen molar-refractivity contribution in [1.82, 2.24) is 15.5 Å². The minimum absolute atomic E-state index is 0.225. The minimum atomic E-state index is -0.774. The Balaban J connectivity index is 1.53. The van der Waals surface area contributed by atoms with Crippen molar-refractivity contribution >= 4 is 11.8 Å². The molecule has 0 saturated carbocycles. The van der Waals surface area contributed by atoms with Gasteiger partial charge in [-0.1, -0.05) is 18.2 Å². The predicted molar refractivity (Wildman–Crippen MR) is 92.6 cm³/mol. The van der Waals surface area contributed by atoms with Gasteiger partial charge in [0.05, 0.1) is 6.04 Å². The van der Waals surface area contributed by atoms with E-state index in [1.54, 1.807) is 0 Å². The zero-order valence-corrected chi connectivity index (χ0v) is 14.3. The first-order valence-corrected chi connectivity index (χ1v) is 9.24. The fourth-order valence-electron chi connectivity index (χ4n) is 4.36. The van der Waals surface area contributed by atoms with Crippen LogP contribution in [-0.4, -0.2) is 41.0 Å². The quantitative estimate of drug-likeness (QED) is 0.702. The average Bonchev–Trinajstić information content (AvgIpc) is 2.78. The Kier molecular flexibility index (Phi) is 4.58. The number of rotatable bonds is 2. The first-order chi connectivity index (χ1) is 12.1. The number of aliphatic hydroxyl groups excluding tert-OH is 1. The smallest absolute Gasteiger partial charge is 0.244 e. The van der Waals surface area contributed by atoms with Gasteiger partial charge in [-0.15, -0.1) is 0 Å². The summed E-state index contributed by atoms with van der Waals surface area (Å²) in [5, 5.41) is 16.5. The van der Waals surface area contributed by atoms with Gasteiger partial charge in [-0.25, -0.2) is 0 Å². The molecule has 3 aliphatic rings. The van der Waals surface area contributed by atoms with Crippen molar-refractivity contribution in [2.75, 3.05) is 13.1 Å². The van der Waals surface area contributed by atoms with E-state index in [1.165, 1.54) is 18.4 Å². The standard InChI is InChI=1S/C19H25N3O3/c23-17-6-5-16(18(24)21-17)22-11-14-10-13(3-4-15(14)19(22)25)12-2-1-8-20-9-7-12/h3-4,10,12,16,19-20,25H,1-2,5-9,11H2,(H,21,23,24). The fourth-order valence-corrected chi connectivity index (χ4v) is 4.36. The van der Waals surface area contributed by atoms with Gasteiger partial charge in [0.15, 0.2) is 0 Å². The van der Waals surface area contributed by atoms with Crippen LogP contribution in [0.2, 0.25) is 0 Å². The molecular weight excluding hydrogens is 318 g/mol. The van der Waals surface area contributed by atoms with Crippen LogP contribution in [0.5, 0.6) is 0 Å².